The predicted molar refractivity (Wildman–Crippen MR) is 91.2 cm³/mol. The zero-order valence-corrected chi connectivity index (χ0v) is 14.0. The van der Waals surface area contributed by atoms with Gasteiger partial charge in [0.2, 0.25) is 0 Å². The van der Waals surface area contributed by atoms with Crippen LogP contribution in [0.15, 0.2) is 48.5 Å². The van der Waals surface area contributed by atoms with E-state index in [0.717, 1.165) is 0 Å². The first-order chi connectivity index (χ1) is 11.6. The monoisotopic (exact) mass is 344 g/mol. The first kappa shape index (κ1) is 17.6. The van der Waals surface area contributed by atoms with Gasteiger partial charge in [0.25, 0.3) is 5.91 Å². The molecule has 0 fully saturated rings. The van der Waals surface area contributed by atoms with Crippen molar-refractivity contribution < 1.29 is 14.3 Å². The Hall–Kier alpha value is -2.71. The number of hydrogen-bond donors (Lipinski definition) is 0. The van der Waals surface area contributed by atoms with Gasteiger partial charge in [0.15, 0.2) is 6.61 Å². The van der Waals surface area contributed by atoms with Crippen LogP contribution >= 0.6 is 11.6 Å². The molecule has 0 atom stereocenters. The molecular weight excluding hydrogens is 328 g/mol. The maximum Gasteiger partial charge on any atom is 0.260 e. The van der Waals surface area contributed by atoms with E-state index in [4.69, 9.17) is 26.3 Å². The van der Waals surface area contributed by atoms with Gasteiger partial charge in [0.05, 0.1) is 18.2 Å². The van der Waals surface area contributed by atoms with Crippen molar-refractivity contribution in [3.63, 3.8) is 0 Å². The summed E-state index contributed by atoms with van der Waals surface area (Å²) in [6, 6.07) is 15.7. The Labute approximate surface area is 146 Å². The second-order valence-electron chi connectivity index (χ2n) is 5.04. The van der Waals surface area contributed by atoms with Crippen molar-refractivity contribution in [2.75, 3.05) is 26.8 Å². The zero-order valence-electron chi connectivity index (χ0n) is 13.2. The van der Waals surface area contributed by atoms with Gasteiger partial charge in [-0.1, -0.05) is 11.6 Å². The summed E-state index contributed by atoms with van der Waals surface area (Å²) in [6.07, 6.45) is 0. The van der Waals surface area contributed by atoms with Gasteiger partial charge in [0, 0.05) is 12.1 Å². The molecule has 2 aromatic rings. The number of nitriles is 1. The fraction of sp³-hybridized carbons (Fsp3) is 0.222. The molecule has 1 amide bonds. The lowest BCUT2D eigenvalue weighted by Crippen LogP contribution is -2.34. The lowest BCUT2D eigenvalue weighted by Gasteiger charge is -2.17. The summed E-state index contributed by atoms with van der Waals surface area (Å²) in [5, 5.41) is 9.38. The number of ether oxygens (including phenoxy) is 2. The van der Waals surface area contributed by atoms with E-state index in [9.17, 15) is 4.79 Å². The number of amides is 1. The molecule has 0 bridgehead atoms. The summed E-state index contributed by atoms with van der Waals surface area (Å²) in [5.74, 6) is 1.10. The highest BCUT2D eigenvalue weighted by molar-refractivity contribution is 6.30. The molecule has 24 heavy (non-hydrogen) atoms. The van der Waals surface area contributed by atoms with E-state index >= 15 is 0 Å². The summed E-state index contributed by atoms with van der Waals surface area (Å²) < 4.78 is 11.0. The van der Waals surface area contributed by atoms with E-state index in [1.54, 1.807) is 60.5 Å². The molecule has 0 spiro atoms. The number of hydrogen-bond acceptors (Lipinski definition) is 4. The Bertz CT molecular complexity index is 709. The highest BCUT2D eigenvalue weighted by Crippen LogP contribution is 2.15. The number of halogens is 1. The summed E-state index contributed by atoms with van der Waals surface area (Å²) >= 11 is 5.80. The molecule has 0 aliphatic heterocycles. The molecule has 0 aliphatic carbocycles. The van der Waals surface area contributed by atoms with E-state index in [-0.39, 0.29) is 12.5 Å². The molecule has 6 heteroatoms. The minimum Gasteiger partial charge on any atom is -0.492 e. The van der Waals surface area contributed by atoms with E-state index in [1.165, 1.54) is 0 Å². The zero-order chi connectivity index (χ0) is 17.4. The van der Waals surface area contributed by atoms with Crippen LogP contribution in [0.25, 0.3) is 0 Å². The largest absolute Gasteiger partial charge is 0.492 e. The molecule has 5 nitrogen and oxygen atoms in total. The Morgan fingerprint density at radius 1 is 1.08 bits per heavy atom. The van der Waals surface area contributed by atoms with Crippen LogP contribution < -0.4 is 9.47 Å². The first-order valence-electron chi connectivity index (χ1n) is 7.34. The number of benzene rings is 2. The molecule has 0 radical (unpaired) electrons. The summed E-state index contributed by atoms with van der Waals surface area (Å²) in [5.41, 5.74) is 0.546. The highest BCUT2D eigenvalue weighted by atomic mass is 35.5. The van der Waals surface area contributed by atoms with Gasteiger partial charge in [-0.3, -0.25) is 4.79 Å². The van der Waals surface area contributed by atoms with Crippen molar-refractivity contribution in [3.8, 4) is 17.6 Å². The average molecular weight is 345 g/mol. The lowest BCUT2D eigenvalue weighted by atomic mass is 10.2. The Morgan fingerprint density at radius 2 is 1.67 bits per heavy atom. The summed E-state index contributed by atoms with van der Waals surface area (Å²) in [7, 11) is 1.69. The van der Waals surface area contributed by atoms with Crippen LogP contribution in [-0.4, -0.2) is 37.6 Å². The van der Waals surface area contributed by atoms with Gasteiger partial charge in [-0.25, -0.2) is 0 Å². The number of rotatable bonds is 7. The van der Waals surface area contributed by atoms with E-state index < -0.39 is 0 Å². The van der Waals surface area contributed by atoms with Gasteiger partial charge in [-0.05, 0) is 48.5 Å². The van der Waals surface area contributed by atoms with E-state index in [0.29, 0.717) is 35.2 Å². The molecule has 0 aliphatic rings. The van der Waals surface area contributed by atoms with Crippen molar-refractivity contribution >= 4 is 17.5 Å². The van der Waals surface area contributed by atoms with Crippen molar-refractivity contribution in [3.05, 3.63) is 59.1 Å². The van der Waals surface area contributed by atoms with Gasteiger partial charge in [0.1, 0.15) is 18.1 Å². The Balaban J connectivity index is 1.71. The third-order valence-corrected chi connectivity index (χ3v) is 3.53. The maximum atomic E-state index is 12.0. The molecule has 0 N–H and O–H groups in total. The fourth-order valence-corrected chi connectivity index (χ4v) is 1.96. The van der Waals surface area contributed by atoms with Crippen molar-refractivity contribution in [1.29, 1.82) is 5.26 Å². The van der Waals surface area contributed by atoms with E-state index in [1.807, 2.05) is 6.07 Å². The van der Waals surface area contributed by atoms with Gasteiger partial charge >= 0.3 is 0 Å². The predicted octanol–water partition coefficient (Wildman–Crippen LogP) is 3.13. The smallest absolute Gasteiger partial charge is 0.260 e. The quantitative estimate of drug-likeness (QED) is 0.774. The molecule has 0 aromatic heterocycles. The van der Waals surface area contributed by atoms with Crippen LogP contribution in [0.5, 0.6) is 11.5 Å². The van der Waals surface area contributed by atoms with Crippen molar-refractivity contribution in [2.24, 2.45) is 0 Å². The third kappa shape index (κ3) is 5.49. The molecule has 0 heterocycles. The standard InChI is InChI=1S/C18H17ClN2O3/c1-21(10-11-23-16-8-4-15(19)5-9-16)18(22)13-24-17-6-2-14(12-20)3-7-17/h2-9H,10-11,13H2,1H3. The van der Waals surface area contributed by atoms with Crippen LogP contribution in [0.2, 0.25) is 5.02 Å². The Kier molecular flexibility index (Phi) is 6.47. The van der Waals surface area contributed by atoms with Gasteiger partial charge in [-0.15, -0.1) is 0 Å². The fourth-order valence-electron chi connectivity index (χ4n) is 1.84. The van der Waals surface area contributed by atoms with Crippen LogP contribution in [-0.2, 0) is 4.79 Å². The number of nitrogens with zero attached hydrogens (tertiary/aromatic N) is 2. The molecule has 2 rings (SSSR count). The van der Waals surface area contributed by atoms with Crippen LogP contribution in [0, 0.1) is 11.3 Å². The summed E-state index contributed by atoms with van der Waals surface area (Å²) in [4.78, 5) is 13.5. The van der Waals surface area contributed by atoms with E-state index in [2.05, 4.69) is 0 Å². The number of likely N-dealkylation sites (N-methyl/N-ethyl adjacent to an activating group) is 1. The minimum absolute atomic E-state index is 0.0661. The molecular formula is C18H17ClN2O3. The average Bonchev–Trinajstić information content (AvgIpc) is 2.61. The van der Waals surface area contributed by atoms with Crippen molar-refractivity contribution in [1.82, 2.24) is 4.90 Å². The first-order valence-corrected chi connectivity index (χ1v) is 7.71. The maximum absolute atomic E-state index is 12.0. The molecule has 0 unspecified atom stereocenters. The molecule has 124 valence electrons. The second-order valence-corrected chi connectivity index (χ2v) is 5.48. The second kappa shape index (κ2) is 8.80. The normalized spacial score (nSPS) is 9.88. The minimum atomic E-state index is -0.154. The SMILES string of the molecule is CN(CCOc1ccc(Cl)cc1)C(=O)COc1ccc(C#N)cc1. The van der Waals surface area contributed by atoms with Gasteiger partial charge in [-0.2, -0.15) is 5.26 Å². The third-order valence-electron chi connectivity index (χ3n) is 3.28. The van der Waals surface area contributed by atoms with Crippen molar-refractivity contribution in [2.45, 2.75) is 0 Å². The molecule has 2 aromatic carbocycles. The number of carbonyl (C=O) groups excluding carboxylic acids is 1. The van der Waals surface area contributed by atoms with Crippen LogP contribution in [0.4, 0.5) is 0 Å². The van der Waals surface area contributed by atoms with Crippen LogP contribution in [0.3, 0.4) is 0 Å². The number of carbonyl (C=O) groups is 1. The van der Waals surface area contributed by atoms with Crippen LogP contribution in [0.1, 0.15) is 5.56 Å². The topological polar surface area (TPSA) is 62.6 Å². The molecule has 0 saturated heterocycles. The Morgan fingerprint density at radius 3 is 2.29 bits per heavy atom. The molecule has 0 saturated carbocycles. The van der Waals surface area contributed by atoms with Gasteiger partial charge < -0.3 is 14.4 Å². The highest BCUT2D eigenvalue weighted by Gasteiger charge is 2.09. The lowest BCUT2D eigenvalue weighted by molar-refractivity contribution is -0.132. The summed E-state index contributed by atoms with van der Waals surface area (Å²) in [6.45, 7) is 0.752.